The van der Waals surface area contributed by atoms with Gasteiger partial charge in [-0.05, 0) is 37.9 Å². The van der Waals surface area contributed by atoms with Crippen molar-refractivity contribution in [1.29, 1.82) is 0 Å². The first-order chi connectivity index (χ1) is 4.22. The molecule has 0 unspecified atom stereocenters. The molecule has 0 saturated heterocycles. The van der Waals surface area contributed by atoms with Crippen molar-refractivity contribution in [3.8, 4) is 0 Å². The van der Waals surface area contributed by atoms with Crippen LogP contribution in [0.25, 0.3) is 0 Å². The van der Waals surface area contributed by atoms with Gasteiger partial charge in [-0.2, -0.15) is 0 Å². The zero-order valence-corrected chi connectivity index (χ0v) is 7.61. The molecule has 0 aliphatic heterocycles. The minimum Gasteiger partial charge on any atom is -0.396 e. The van der Waals surface area contributed by atoms with Crippen molar-refractivity contribution in [3.63, 3.8) is 0 Å². The third-order valence-electron chi connectivity index (χ3n) is 0.888. The van der Waals surface area contributed by atoms with E-state index in [2.05, 4.69) is 36.8 Å². The summed E-state index contributed by atoms with van der Waals surface area (Å²) >= 11 is 6.43. The molecule has 0 atom stereocenters. The van der Waals surface area contributed by atoms with Gasteiger partial charge in [-0.15, -0.1) is 0 Å². The summed E-state index contributed by atoms with van der Waals surface area (Å²) in [6.07, 6.45) is 1.67. The van der Waals surface area contributed by atoms with Crippen LogP contribution in [0.2, 0.25) is 0 Å². The van der Waals surface area contributed by atoms with Crippen LogP contribution in [-0.2, 0) is 0 Å². The Labute approximate surface area is 69.7 Å². The topological polar surface area (TPSA) is 38.9 Å². The fourth-order valence-electron chi connectivity index (χ4n) is 0.426. The van der Waals surface area contributed by atoms with E-state index in [4.69, 9.17) is 5.73 Å². The van der Waals surface area contributed by atoms with Crippen LogP contribution in [0.5, 0.6) is 0 Å². The molecule has 1 aromatic heterocycles. The Hall–Kier alpha value is -0.0900. The van der Waals surface area contributed by atoms with Crippen LogP contribution >= 0.6 is 31.9 Å². The summed E-state index contributed by atoms with van der Waals surface area (Å²) in [7, 11) is 0. The molecule has 0 aliphatic carbocycles. The molecular formula is C5H4Br2N2. The first-order valence-corrected chi connectivity index (χ1v) is 3.86. The minimum absolute atomic E-state index is 0.637. The zero-order valence-electron chi connectivity index (χ0n) is 4.44. The summed E-state index contributed by atoms with van der Waals surface area (Å²) in [5.41, 5.74) is 6.16. The lowest BCUT2D eigenvalue weighted by molar-refractivity contribution is 1.27. The molecule has 0 amide bonds. The van der Waals surface area contributed by atoms with Crippen LogP contribution in [-0.4, -0.2) is 4.98 Å². The van der Waals surface area contributed by atoms with Gasteiger partial charge in [0.1, 0.15) is 4.60 Å². The maximum absolute atomic E-state index is 5.53. The van der Waals surface area contributed by atoms with E-state index in [9.17, 15) is 0 Å². The van der Waals surface area contributed by atoms with E-state index in [0.29, 0.717) is 10.3 Å². The van der Waals surface area contributed by atoms with Crippen LogP contribution < -0.4 is 5.73 Å². The normalized spacial score (nSPS) is 9.56. The molecule has 0 aromatic carbocycles. The van der Waals surface area contributed by atoms with Gasteiger partial charge in [0.25, 0.3) is 0 Å². The molecule has 2 N–H and O–H groups in total. The first-order valence-electron chi connectivity index (χ1n) is 2.27. The molecule has 2 nitrogen and oxygen atoms in total. The molecule has 4 heteroatoms. The summed E-state index contributed by atoms with van der Waals surface area (Å²) in [5, 5.41) is 0. The van der Waals surface area contributed by atoms with E-state index in [1.807, 2.05) is 0 Å². The second kappa shape index (κ2) is 2.66. The summed E-state index contributed by atoms with van der Waals surface area (Å²) in [6.45, 7) is 0. The molecule has 0 spiro atoms. The Morgan fingerprint density at radius 2 is 2.11 bits per heavy atom. The largest absolute Gasteiger partial charge is 0.396 e. The molecule has 0 bridgehead atoms. The predicted molar refractivity (Wildman–Crippen MR) is 44.0 cm³/mol. The quantitative estimate of drug-likeness (QED) is 0.718. The fraction of sp³-hybridized carbons (Fsp3) is 0. The van der Waals surface area contributed by atoms with Crippen molar-refractivity contribution in [2.24, 2.45) is 0 Å². The number of nitrogens with zero attached hydrogens (tertiary/aromatic N) is 1. The number of anilines is 1. The molecular weight excluding hydrogens is 248 g/mol. The van der Waals surface area contributed by atoms with Gasteiger partial charge in [0.15, 0.2) is 0 Å². The molecule has 0 aliphatic rings. The van der Waals surface area contributed by atoms with E-state index < -0.39 is 0 Å². The van der Waals surface area contributed by atoms with Gasteiger partial charge in [0, 0.05) is 10.7 Å². The third-order valence-corrected chi connectivity index (χ3v) is 2.21. The number of hydrogen-bond donors (Lipinski definition) is 1. The van der Waals surface area contributed by atoms with Crippen molar-refractivity contribution in [2.75, 3.05) is 5.73 Å². The van der Waals surface area contributed by atoms with Crippen molar-refractivity contribution in [1.82, 2.24) is 4.98 Å². The van der Waals surface area contributed by atoms with E-state index in [-0.39, 0.29) is 0 Å². The molecule has 1 heterocycles. The van der Waals surface area contributed by atoms with Gasteiger partial charge < -0.3 is 5.73 Å². The molecule has 1 rings (SSSR count). The van der Waals surface area contributed by atoms with Crippen molar-refractivity contribution in [2.45, 2.75) is 0 Å². The van der Waals surface area contributed by atoms with Gasteiger partial charge in [0.2, 0.25) is 0 Å². The number of halogens is 2. The highest BCUT2D eigenvalue weighted by atomic mass is 79.9. The van der Waals surface area contributed by atoms with Gasteiger partial charge >= 0.3 is 0 Å². The summed E-state index contributed by atoms with van der Waals surface area (Å²) in [6, 6.07) is 1.79. The maximum atomic E-state index is 5.53. The van der Waals surface area contributed by atoms with E-state index >= 15 is 0 Å². The monoisotopic (exact) mass is 250 g/mol. The molecule has 0 radical (unpaired) electrons. The lowest BCUT2D eigenvalue weighted by atomic mass is 10.4. The Morgan fingerprint density at radius 1 is 1.44 bits per heavy atom. The maximum Gasteiger partial charge on any atom is 0.130 e. The van der Waals surface area contributed by atoms with Crippen LogP contribution in [0.15, 0.2) is 21.3 Å². The van der Waals surface area contributed by atoms with Crippen molar-refractivity contribution < 1.29 is 0 Å². The summed E-state index contributed by atoms with van der Waals surface area (Å²) in [4.78, 5) is 3.90. The SMILES string of the molecule is Nc1c(Br)ccnc1Br. The Morgan fingerprint density at radius 3 is 2.56 bits per heavy atom. The van der Waals surface area contributed by atoms with E-state index in [0.717, 1.165) is 4.47 Å². The second-order valence-electron chi connectivity index (χ2n) is 1.50. The van der Waals surface area contributed by atoms with E-state index in [1.165, 1.54) is 0 Å². The smallest absolute Gasteiger partial charge is 0.130 e. The third kappa shape index (κ3) is 1.43. The Balaban J connectivity index is 3.25. The van der Waals surface area contributed by atoms with Crippen LogP contribution in [0, 0.1) is 0 Å². The average Bonchev–Trinajstić information content (AvgIpc) is 1.83. The molecule has 1 aromatic rings. The standard InChI is InChI=1S/C5H4Br2N2/c6-3-1-2-9-5(7)4(3)8/h1-2H,8H2. The minimum atomic E-state index is 0.637. The number of aromatic nitrogens is 1. The summed E-state index contributed by atoms with van der Waals surface area (Å²) in [5.74, 6) is 0. The van der Waals surface area contributed by atoms with Gasteiger partial charge in [-0.1, -0.05) is 0 Å². The van der Waals surface area contributed by atoms with Crippen molar-refractivity contribution in [3.05, 3.63) is 21.3 Å². The lowest BCUT2D eigenvalue weighted by Gasteiger charge is -1.96. The Kier molecular flexibility index (Phi) is 2.08. The zero-order chi connectivity index (χ0) is 6.85. The van der Waals surface area contributed by atoms with Gasteiger partial charge in [-0.3, -0.25) is 0 Å². The number of hydrogen-bond acceptors (Lipinski definition) is 2. The number of nitrogen functional groups attached to an aromatic ring is 1. The number of nitrogens with two attached hydrogens (primary N) is 1. The predicted octanol–water partition coefficient (Wildman–Crippen LogP) is 2.19. The molecule has 9 heavy (non-hydrogen) atoms. The first kappa shape index (κ1) is 7.02. The average molecular weight is 252 g/mol. The van der Waals surface area contributed by atoms with E-state index in [1.54, 1.807) is 12.3 Å². The highest BCUT2D eigenvalue weighted by Gasteiger charge is 1.97. The van der Waals surface area contributed by atoms with Gasteiger partial charge in [-0.25, -0.2) is 4.98 Å². The molecule has 0 saturated carbocycles. The van der Waals surface area contributed by atoms with Crippen LogP contribution in [0.3, 0.4) is 0 Å². The Bertz CT molecular complexity index is 204. The highest BCUT2D eigenvalue weighted by Crippen LogP contribution is 2.24. The molecule has 48 valence electrons. The number of pyridine rings is 1. The summed E-state index contributed by atoms with van der Waals surface area (Å²) < 4.78 is 1.54. The second-order valence-corrected chi connectivity index (χ2v) is 3.10. The van der Waals surface area contributed by atoms with Gasteiger partial charge in [0.05, 0.1) is 5.69 Å². The van der Waals surface area contributed by atoms with Crippen LogP contribution in [0.4, 0.5) is 5.69 Å². The van der Waals surface area contributed by atoms with Crippen LogP contribution in [0.1, 0.15) is 0 Å². The fourth-order valence-corrected chi connectivity index (χ4v) is 1.33. The lowest BCUT2D eigenvalue weighted by Crippen LogP contribution is -1.89. The highest BCUT2D eigenvalue weighted by molar-refractivity contribution is 9.11. The molecule has 0 fully saturated rings. The van der Waals surface area contributed by atoms with Crippen molar-refractivity contribution >= 4 is 37.5 Å². The number of rotatable bonds is 0.